The average molecular weight is 260 g/mol. The molecule has 1 aliphatic heterocycles. The Morgan fingerprint density at radius 1 is 1.00 bits per heavy atom. The Hall–Kier alpha value is -1.62. The van der Waals surface area contributed by atoms with Crippen LogP contribution in [0.3, 0.4) is 0 Å². The van der Waals surface area contributed by atoms with E-state index in [2.05, 4.69) is 55.7 Å². The molecular weight excluding hydrogens is 240 g/mol. The third kappa shape index (κ3) is 2.87. The maximum atomic E-state index is 5.25. The summed E-state index contributed by atoms with van der Waals surface area (Å²) in [6.07, 6.45) is 16.1. The Balaban J connectivity index is 1.38. The highest BCUT2D eigenvalue weighted by Crippen LogP contribution is 2.28. The van der Waals surface area contributed by atoms with Gasteiger partial charge in [-0.15, -0.1) is 0 Å². The molecule has 0 bridgehead atoms. The fourth-order valence-electron chi connectivity index (χ4n) is 2.46. The molecule has 2 aromatic rings. The zero-order chi connectivity index (χ0) is 12.7. The van der Waals surface area contributed by atoms with E-state index in [0.29, 0.717) is 6.10 Å². The van der Waals surface area contributed by atoms with Crippen LogP contribution in [0.15, 0.2) is 37.4 Å². The number of imidazole rings is 2. The van der Waals surface area contributed by atoms with Gasteiger partial charge >= 0.3 is 0 Å². The van der Waals surface area contributed by atoms with E-state index < -0.39 is 0 Å². The standard InChI is InChI=1S/C14H20N4O/c1-2-13(1)7-15-3-5-17(10-15)12-18-6-4-16(11-18)8-14-9-19-14/h3-6,10-11,13-14H,1-2,7-9,12H2/q+2. The van der Waals surface area contributed by atoms with E-state index in [1.807, 2.05) is 0 Å². The molecule has 5 nitrogen and oxygen atoms in total. The van der Waals surface area contributed by atoms with Crippen molar-refractivity contribution in [3.05, 3.63) is 37.4 Å². The zero-order valence-corrected chi connectivity index (χ0v) is 11.1. The van der Waals surface area contributed by atoms with Crippen LogP contribution in [-0.4, -0.2) is 21.8 Å². The van der Waals surface area contributed by atoms with Crippen molar-refractivity contribution >= 4 is 0 Å². The summed E-state index contributed by atoms with van der Waals surface area (Å²) in [7, 11) is 0. The smallest absolute Gasteiger partial charge is 0.247 e. The predicted molar refractivity (Wildman–Crippen MR) is 67.1 cm³/mol. The molecule has 0 N–H and O–H groups in total. The van der Waals surface area contributed by atoms with Gasteiger partial charge in [0.1, 0.15) is 37.4 Å². The average Bonchev–Trinajstić information content (AvgIpc) is 3.28. The molecule has 0 spiro atoms. The van der Waals surface area contributed by atoms with Crippen LogP contribution < -0.4 is 9.13 Å². The fourth-order valence-corrected chi connectivity index (χ4v) is 2.46. The number of ether oxygens (including phenoxy) is 1. The van der Waals surface area contributed by atoms with Gasteiger partial charge in [-0.3, -0.25) is 0 Å². The van der Waals surface area contributed by atoms with Gasteiger partial charge in [0.15, 0.2) is 0 Å². The first-order valence-electron chi connectivity index (χ1n) is 7.06. The number of hydrogen-bond donors (Lipinski definition) is 0. The first-order chi connectivity index (χ1) is 9.35. The Bertz CT molecular complexity index is 515. The molecule has 1 unspecified atom stereocenters. The third-order valence-electron chi connectivity index (χ3n) is 3.80. The highest BCUT2D eigenvalue weighted by Gasteiger charge is 2.26. The van der Waals surface area contributed by atoms with Gasteiger partial charge in [0.05, 0.1) is 13.2 Å². The van der Waals surface area contributed by atoms with Crippen LogP contribution in [0, 0.1) is 5.92 Å². The van der Waals surface area contributed by atoms with Crippen LogP contribution in [0.25, 0.3) is 0 Å². The van der Waals surface area contributed by atoms with Crippen molar-refractivity contribution in [1.82, 2.24) is 9.13 Å². The molecule has 3 heterocycles. The lowest BCUT2D eigenvalue weighted by molar-refractivity contribution is -0.699. The van der Waals surface area contributed by atoms with Gasteiger partial charge in [-0.2, -0.15) is 9.13 Å². The normalized spacial score (nSPS) is 21.8. The molecule has 1 atom stereocenters. The van der Waals surface area contributed by atoms with Gasteiger partial charge in [-0.25, -0.2) is 9.13 Å². The van der Waals surface area contributed by atoms with Crippen molar-refractivity contribution in [2.45, 2.75) is 38.7 Å². The molecule has 100 valence electrons. The predicted octanol–water partition coefficient (Wildman–Crippen LogP) is 0.179. The van der Waals surface area contributed by atoms with Gasteiger partial charge in [0, 0.05) is 0 Å². The number of aromatic nitrogens is 4. The fraction of sp³-hybridized carbons (Fsp3) is 0.571. The quantitative estimate of drug-likeness (QED) is 0.538. The Labute approximate surface area is 112 Å². The van der Waals surface area contributed by atoms with E-state index in [9.17, 15) is 0 Å². The molecule has 1 saturated carbocycles. The molecule has 1 aliphatic carbocycles. The van der Waals surface area contributed by atoms with Crippen molar-refractivity contribution in [1.29, 1.82) is 0 Å². The van der Waals surface area contributed by atoms with Gasteiger partial charge in [0.25, 0.3) is 0 Å². The van der Waals surface area contributed by atoms with Crippen LogP contribution in [0.1, 0.15) is 12.8 Å². The van der Waals surface area contributed by atoms with Crippen LogP contribution in [0.2, 0.25) is 0 Å². The molecule has 4 rings (SSSR count). The van der Waals surface area contributed by atoms with Gasteiger partial charge in [-0.05, 0) is 18.8 Å². The number of rotatable bonds is 6. The van der Waals surface area contributed by atoms with E-state index in [4.69, 9.17) is 4.74 Å². The second-order valence-corrected chi connectivity index (χ2v) is 5.79. The summed E-state index contributed by atoms with van der Waals surface area (Å²) in [5, 5.41) is 0. The summed E-state index contributed by atoms with van der Waals surface area (Å²) in [5.74, 6) is 0.924. The highest BCUT2D eigenvalue weighted by molar-refractivity contribution is 4.74. The van der Waals surface area contributed by atoms with Crippen LogP contribution in [-0.2, 0) is 24.5 Å². The Morgan fingerprint density at radius 2 is 1.63 bits per heavy atom. The molecule has 19 heavy (non-hydrogen) atoms. The van der Waals surface area contributed by atoms with Crippen molar-refractivity contribution in [2.75, 3.05) is 6.61 Å². The maximum absolute atomic E-state index is 5.25. The molecule has 0 radical (unpaired) electrons. The largest absolute Gasteiger partial charge is 0.369 e. The van der Waals surface area contributed by atoms with E-state index in [1.54, 1.807) is 0 Å². The molecule has 5 heteroatoms. The zero-order valence-electron chi connectivity index (χ0n) is 11.1. The maximum Gasteiger partial charge on any atom is 0.247 e. The van der Waals surface area contributed by atoms with Gasteiger partial charge in [-0.1, -0.05) is 0 Å². The number of hydrogen-bond acceptors (Lipinski definition) is 1. The van der Waals surface area contributed by atoms with Crippen LogP contribution >= 0.6 is 0 Å². The Morgan fingerprint density at radius 3 is 2.21 bits per heavy atom. The van der Waals surface area contributed by atoms with Crippen LogP contribution in [0.4, 0.5) is 0 Å². The van der Waals surface area contributed by atoms with Crippen molar-refractivity contribution in [3.8, 4) is 0 Å². The van der Waals surface area contributed by atoms with E-state index in [1.165, 1.54) is 19.4 Å². The summed E-state index contributed by atoms with van der Waals surface area (Å²) in [4.78, 5) is 0. The van der Waals surface area contributed by atoms with Gasteiger partial charge in [0.2, 0.25) is 19.3 Å². The second-order valence-electron chi connectivity index (χ2n) is 5.79. The molecule has 0 amide bonds. The van der Waals surface area contributed by atoms with Gasteiger partial charge < -0.3 is 4.74 Å². The lowest BCUT2D eigenvalue weighted by atomic mass is 10.4. The molecule has 2 aromatic heterocycles. The first-order valence-corrected chi connectivity index (χ1v) is 7.06. The van der Waals surface area contributed by atoms with E-state index in [0.717, 1.165) is 25.7 Å². The minimum Gasteiger partial charge on any atom is -0.369 e. The topological polar surface area (TPSA) is 30.1 Å². The van der Waals surface area contributed by atoms with Crippen molar-refractivity contribution < 1.29 is 13.9 Å². The van der Waals surface area contributed by atoms with Crippen molar-refractivity contribution in [2.24, 2.45) is 5.92 Å². The molecule has 2 fully saturated rings. The number of epoxide rings is 1. The summed E-state index contributed by atoms with van der Waals surface area (Å²) in [6, 6.07) is 0. The SMILES string of the molecule is c1c[n+](CC2CC2)cn1Cn1cc[n+](CC2CO2)c1. The minimum absolute atomic E-state index is 0.438. The summed E-state index contributed by atoms with van der Waals surface area (Å²) in [5.41, 5.74) is 0. The van der Waals surface area contributed by atoms with E-state index in [-0.39, 0.29) is 0 Å². The van der Waals surface area contributed by atoms with E-state index >= 15 is 0 Å². The van der Waals surface area contributed by atoms with Crippen molar-refractivity contribution in [3.63, 3.8) is 0 Å². The Kier molecular flexibility index (Phi) is 2.65. The second kappa shape index (κ2) is 4.49. The monoisotopic (exact) mass is 260 g/mol. The summed E-state index contributed by atoms with van der Waals surface area (Å²) in [6.45, 7) is 3.94. The van der Waals surface area contributed by atoms with Crippen LogP contribution in [0.5, 0.6) is 0 Å². The lowest BCUT2D eigenvalue weighted by Gasteiger charge is -1.93. The highest BCUT2D eigenvalue weighted by atomic mass is 16.6. The summed E-state index contributed by atoms with van der Waals surface area (Å²) < 4.78 is 14.2. The molecule has 2 aliphatic rings. The molecule has 1 saturated heterocycles. The third-order valence-corrected chi connectivity index (χ3v) is 3.80. The molecule has 0 aromatic carbocycles. The minimum atomic E-state index is 0.438. The lowest BCUT2D eigenvalue weighted by Crippen LogP contribution is -2.34. The summed E-state index contributed by atoms with van der Waals surface area (Å²) >= 11 is 0. The molecular formula is C14H20N4O+2. The first kappa shape index (κ1) is 11.2. The number of nitrogens with zero attached hydrogens (tertiary/aromatic N) is 4.